The van der Waals surface area contributed by atoms with Gasteiger partial charge >= 0.3 is 17.9 Å². The van der Waals surface area contributed by atoms with E-state index in [1.165, 1.54) is 17.1 Å². The van der Waals surface area contributed by atoms with E-state index in [9.17, 15) is 18.8 Å². The van der Waals surface area contributed by atoms with Gasteiger partial charge in [0.05, 0.1) is 23.6 Å². The molecule has 0 saturated carbocycles. The van der Waals surface area contributed by atoms with E-state index in [-0.39, 0.29) is 23.7 Å². The standard InChI is InChI=1S/C15H19FN4O2.C4H4O4/c1-3-22-15(21)11-12(17)8(2)13(20(19)14(11)18)9-4-6-10(16)7-5-9;5-3(6)1-2-4(7)8/h4-7,14H,3,17-19H2,1-2H3;1-2H,(H,5,6)(H,7,8)/b;2-1-. The predicted octanol–water partition coefficient (Wildman–Crippen LogP) is 0.519. The van der Waals surface area contributed by atoms with Crippen molar-refractivity contribution in [2.75, 3.05) is 6.61 Å². The number of halogens is 1. The van der Waals surface area contributed by atoms with E-state index >= 15 is 0 Å². The fraction of sp³-hybridized carbons (Fsp3) is 0.211. The Morgan fingerprint density at radius 3 is 2.10 bits per heavy atom. The van der Waals surface area contributed by atoms with Gasteiger partial charge in [-0.05, 0) is 49.2 Å². The van der Waals surface area contributed by atoms with E-state index in [2.05, 4.69) is 0 Å². The topological polar surface area (TPSA) is 182 Å². The number of nitrogens with two attached hydrogens (primary N) is 3. The van der Waals surface area contributed by atoms with E-state index in [0.717, 1.165) is 0 Å². The molecule has 0 radical (unpaired) electrons. The van der Waals surface area contributed by atoms with Gasteiger partial charge in [-0.3, -0.25) is 5.01 Å². The van der Waals surface area contributed by atoms with Crippen LogP contribution in [0.3, 0.4) is 0 Å². The first kappa shape index (κ1) is 24.3. The Labute approximate surface area is 171 Å². The van der Waals surface area contributed by atoms with Gasteiger partial charge in [0.2, 0.25) is 0 Å². The first-order chi connectivity index (χ1) is 14.0. The highest BCUT2D eigenvalue weighted by atomic mass is 19.1. The van der Waals surface area contributed by atoms with Gasteiger partial charge in [0.25, 0.3) is 0 Å². The number of aliphatic carboxylic acids is 2. The van der Waals surface area contributed by atoms with Crippen molar-refractivity contribution < 1.29 is 33.7 Å². The maximum absolute atomic E-state index is 13.1. The van der Waals surface area contributed by atoms with Gasteiger partial charge in [0.15, 0.2) is 0 Å². The van der Waals surface area contributed by atoms with Crippen molar-refractivity contribution >= 4 is 23.6 Å². The number of nitrogens with zero attached hydrogens (tertiary/aromatic N) is 1. The number of allylic oxidation sites excluding steroid dienone is 1. The Kier molecular flexibility index (Phi) is 8.71. The minimum absolute atomic E-state index is 0.118. The highest BCUT2D eigenvalue weighted by Crippen LogP contribution is 2.32. The molecule has 162 valence electrons. The van der Waals surface area contributed by atoms with E-state index in [4.69, 9.17) is 32.3 Å². The Hall–Kier alpha value is -3.70. The maximum Gasteiger partial charge on any atom is 0.339 e. The Bertz CT molecular complexity index is 892. The summed E-state index contributed by atoms with van der Waals surface area (Å²) in [5, 5.41) is 16.9. The Morgan fingerprint density at radius 1 is 1.17 bits per heavy atom. The van der Waals surface area contributed by atoms with Gasteiger partial charge in [-0.2, -0.15) is 0 Å². The molecule has 0 aromatic heterocycles. The largest absolute Gasteiger partial charge is 0.478 e. The van der Waals surface area contributed by atoms with Gasteiger partial charge in [-0.15, -0.1) is 0 Å². The number of carbonyl (C=O) groups is 3. The van der Waals surface area contributed by atoms with Crippen LogP contribution in [0.1, 0.15) is 19.4 Å². The summed E-state index contributed by atoms with van der Waals surface area (Å²) >= 11 is 0. The molecule has 0 bridgehead atoms. The van der Waals surface area contributed by atoms with Gasteiger partial charge in [0, 0.05) is 12.2 Å². The lowest BCUT2D eigenvalue weighted by Gasteiger charge is -2.35. The van der Waals surface area contributed by atoms with E-state index in [0.29, 0.717) is 29.0 Å². The van der Waals surface area contributed by atoms with Crippen molar-refractivity contribution in [3.63, 3.8) is 0 Å². The number of carboxylic acids is 2. The average molecular weight is 422 g/mol. The highest BCUT2D eigenvalue weighted by molar-refractivity contribution is 5.94. The number of rotatable bonds is 5. The number of hydrogen-bond acceptors (Lipinski definition) is 8. The van der Waals surface area contributed by atoms with E-state index in [1.807, 2.05) is 0 Å². The van der Waals surface area contributed by atoms with Crippen LogP contribution in [0.15, 0.2) is 53.3 Å². The molecule has 0 amide bonds. The molecule has 0 saturated heterocycles. The Balaban J connectivity index is 0.000000479. The molecule has 1 unspecified atom stereocenters. The third kappa shape index (κ3) is 6.15. The van der Waals surface area contributed by atoms with Crippen molar-refractivity contribution in [1.82, 2.24) is 5.01 Å². The average Bonchev–Trinajstić information content (AvgIpc) is 2.67. The molecule has 8 N–H and O–H groups in total. The van der Waals surface area contributed by atoms with Gasteiger partial charge in [0.1, 0.15) is 12.0 Å². The van der Waals surface area contributed by atoms with Crippen LogP contribution in [0.5, 0.6) is 0 Å². The predicted molar refractivity (Wildman–Crippen MR) is 105 cm³/mol. The molecular formula is C19H23FN4O6. The molecular weight excluding hydrogens is 399 g/mol. The summed E-state index contributed by atoms with van der Waals surface area (Å²) < 4.78 is 18.0. The highest BCUT2D eigenvalue weighted by Gasteiger charge is 2.34. The first-order valence-electron chi connectivity index (χ1n) is 8.58. The molecule has 11 heteroatoms. The monoisotopic (exact) mass is 422 g/mol. The molecule has 10 nitrogen and oxygen atoms in total. The fourth-order valence-electron chi connectivity index (χ4n) is 2.52. The molecule has 1 heterocycles. The third-order valence-corrected chi connectivity index (χ3v) is 3.88. The van der Waals surface area contributed by atoms with Gasteiger partial charge in [-0.25, -0.2) is 24.6 Å². The van der Waals surface area contributed by atoms with Crippen LogP contribution in [-0.2, 0) is 19.1 Å². The number of carboxylic acid groups (broad SMARTS) is 2. The number of benzene rings is 1. The summed E-state index contributed by atoms with van der Waals surface area (Å²) in [4.78, 5) is 31.1. The molecule has 1 aromatic carbocycles. The van der Waals surface area contributed by atoms with E-state index < -0.39 is 24.1 Å². The van der Waals surface area contributed by atoms with Crippen molar-refractivity contribution in [1.29, 1.82) is 0 Å². The minimum Gasteiger partial charge on any atom is -0.478 e. The summed E-state index contributed by atoms with van der Waals surface area (Å²) in [5.74, 6) is 2.56. The zero-order valence-electron chi connectivity index (χ0n) is 16.3. The quantitative estimate of drug-likeness (QED) is 0.255. The van der Waals surface area contributed by atoms with Crippen LogP contribution < -0.4 is 17.3 Å². The van der Waals surface area contributed by atoms with Crippen LogP contribution in [0.4, 0.5) is 4.39 Å². The second-order valence-electron chi connectivity index (χ2n) is 5.89. The first-order valence-corrected chi connectivity index (χ1v) is 8.58. The summed E-state index contributed by atoms with van der Waals surface area (Å²) in [6, 6.07) is 5.78. The molecule has 30 heavy (non-hydrogen) atoms. The number of hydrogen-bond donors (Lipinski definition) is 5. The van der Waals surface area contributed by atoms with Gasteiger partial charge in [-0.1, -0.05) is 0 Å². The maximum atomic E-state index is 13.1. The van der Waals surface area contributed by atoms with Crippen LogP contribution >= 0.6 is 0 Å². The SMILES string of the molecule is CCOC(=O)C1=C(N)C(C)=C(c2ccc(F)cc2)N(N)C1N.O=C(O)/C=C\C(=O)O. The van der Waals surface area contributed by atoms with Crippen LogP contribution in [0, 0.1) is 5.82 Å². The van der Waals surface area contributed by atoms with E-state index in [1.54, 1.807) is 26.0 Å². The molecule has 0 aliphatic carbocycles. The molecule has 1 atom stereocenters. The summed E-state index contributed by atoms with van der Waals surface area (Å²) in [6.07, 6.45) is 0.174. The molecule has 1 aromatic rings. The summed E-state index contributed by atoms with van der Waals surface area (Å²) in [5.41, 5.74) is 14.2. The molecule has 1 aliphatic heterocycles. The lowest BCUT2D eigenvalue weighted by atomic mass is 9.95. The lowest BCUT2D eigenvalue weighted by molar-refractivity contribution is -0.139. The smallest absolute Gasteiger partial charge is 0.339 e. The van der Waals surface area contributed by atoms with Crippen LogP contribution in [0.2, 0.25) is 0 Å². The normalized spacial score (nSPS) is 16.3. The lowest BCUT2D eigenvalue weighted by Crippen LogP contribution is -2.52. The van der Waals surface area contributed by atoms with Gasteiger partial charge < -0.3 is 26.4 Å². The third-order valence-electron chi connectivity index (χ3n) is 3.88. The van der Waals surface area contributed by atoms with Crippen molar-refractivity contribution in [3.05, 3.63) is 64.6 Å². The summed E-state index contributed by atoms with van der Waals surface area (Å²) in [7, 11) is 0. The second kappa shape index (κ2) is 10.7. The molecule has 0 fully saturated rings. The Morgan fingerprint density at radius 2 is 1.67 bits per heavy atom. The number of hydrazine groups is 1. The second-order valence-corrected chi connectivity index (χ2v) is 5.89. The molecule has 1 aliphatic rings. The zero-order chi connectivity index (χ0) is 23.0. The van der Waals surface area contributed by atoms with Crippen molar-refractivity contribution in [2.45, 2.75) is 20.0 Å². The van der Waals surface area contributed by atoms with Crippen LogP contribution in [-0.4, -0.2) is 45.9 Å². The number of carbonyl (C=O) groups excluding carboxylic acids is 1. The fourth-order valence-corrected chi connectivity index (χ4v) is 2.52. The number of ether oxygens (including phenoxy) is 1. The minimum atomic E-state index is -1.26. The summed E-state index contributed by atoms with van der Waals surface area (Å²) in [6.45, 7) is 3.62. The van der Waals surface area contributed by atoms with Crippen molar-refractivity contribution in [3.8, 4) is 0 Å². The van der Waals surface area contributed by atoms with Crippen molar-refractivity contribution in [2.24, 2.45) is 17.3 Å². The van der Waals surface area contributed by atoms with Crippen LogP contribution in [0.25, 0.3) is 5.70 Å². The molecule has 2 rings (SSSR count). The molecule has 0 spiro atoms. The zero-order valence-corrected chi connectivity index (χ0v) is 16.3. The number of esters is 1.